The highest BCUT2D eigenvalue weighted by atomic mass is 32.2. The first-order chi connectivity index (χ1) is 3.27. The molecule has 0 radical (unpaired) electrons. The third-order valence-corrected chi connectivity index (χ3v) is 1.75. The van der Waals surface area contributed by atoms with Crippen LogP contribution in [0.2, 0.25) is 0 Å². The molecule has 0 aromatic carbocycles. The Morgan fingerprint density at radius 1 is 1.71 bits per heavy atom. The van der Waals surface area contributed by atoms with Crippen molar-refractivity contribution in [2.75, 3.05) is 11.5 Å². The van der Waals surface area contributed by atoms with Crippen molar-refractivity contribution >= 4 is 11.8 Å². The van der Waals surface area contributed by atoms with Crippen LogP contribution >= 0.6 is 11.8 Å². The van der Waals surface area contributed by atoms with Crippen LogP contribution in [0.1, 0.15) is 13.8 Å². The molecule has 0 unspecified atom stereocenters. The molecule has 0 heterocycles. The van der Waals surface area contributed by atoms with Crippen molar-refractivity contribution in [3.63, 3.8) is 0 Å². The summed E-state index contributed by atoms with van der Waals surface area (Å²) in [6.45, 7) is 4.18. The van der Waals surface area contributed by atoms with Gasteiger partial charge < -0.3 is 5.73 Å². The minimum Gasteiger partial charge on any atom is -0.327 e. The van der Waals surface area contributed by atoms with Gasteiger partial charge in [-0.05, 0) is 12.7 Å². The lowest BCUT2D eigenvalue weighted by Gasteiger charge is -1.99. The van der Waals surface area contributed by atoms with Crippen LogP contribution in [0.15, 0.2) is 0 Å². The van der Waals surface area contributed by atoms with E-state index in [9.17, 15) is 0 Å². The molecule has 0 aliphatic rings. The molecule has 0 rings (SSSR count). The SMILES string of the molecule is CCSC[C@@H](C)N. The van der Waals surface area contributed by atoms with Gasteiger partial charge in [-0.1, -0.05) is 6.92 Å². The number of rotatable bonds is 3. The Labute approximate surface area is 49.7 Å². The summed E-state index contributed by atoms with van der Waals surface area (Å²) in [6, 6.07) is 0.366. The van der Waals surface area contributed by atoms with Crippen LogP contribution in [0.25, 0.3) is 0 Å². The fourth-order valence-corrected chi connectivity index (χ4v) is 0.911. The van der Waals surface area contributed by atoms with Gasteiger partial charge >= 0.3 is 0 Å². The van der Waals surface area contributed by atoms with Crippen molar-refractivity contribution in [2.24, 2.45) is 5.73 Å². The predicted molar refractivity (Wildman–Crippen MR) is 36.6 cm³/mol. The van der Waals surface area contributed by atoms with Crippen LogP contribution < -0.4 is 5.73 Å². The van der Waals surface area contributed by atoms with Gasteiger partial charge in [0.2, 0.25) is 0 Å². The van der Waals surface area contributed by atoms with Crippen molar-refractivity contribution in [1.29, 1.82) is 0 Å². The van der Waals surface area contributed by atoms with Gasteiger partial charge in [0, 0.05) is 11.8 Å². The zero-order valence-electron chi connectivity index (χ0n) is 4.98. The minimum absolute atomic E-state index is 0.366. The van der Waals surface area contributed by atoms with Gasteiger partial charge in [0.05, 0.1) is 0 Å². The zero-order valence-corrected chi connectivity index (χ0v) is 5.79. The molecule has 0 fully saturated rings. The lowest BCUT2D eigenvalue weighted by Crippen LogP contribution is -2.17. The van der Waals surface area contributed by atoms with Crippen LogP contribution in [-0.4, -0.2) is 17.5 Å². The molecule has 7 heavy (non-hydrogen) atoms. The summed E-state index contributed by atoms with van der Waals surface area (Å²) in [5.41, 5.74) is 5.46. The number of nitrogens with two attached hydrogens (primary N) is 1. The Morgan fingerprint density at radius 3 is 2.43 bits per heavy atom. The van der Waals surface area contributed by atoms with E-state index in [2.05, 4.69) is 6.92 Å². The topological polar surface area (TPSA) is 26.0 Å². The Morgan fingerprint density at radius 2 is 2.29 bits per heavy atom. The maximum atomic E-state index is 5.46. The lowest BCUT2D eigenvalue weighted by molar-refractivity contribution is 0.847. The summed E-state index contributed by atoms with van der Waals surface area (Å²) < 4.78 is 0. The Kier molecular flexibility index (Phi) is 4.67. The Balaban J connectivity index is 2.68. The summed E-state index contributed by atoms with van der Waals surface area (Å²) in [7, 11) is 0. The van der Waals surface area contributed by atoms with Gasteiger partial charge in [0.25, 0.3) is 0 Å². The molecule has 2 heteroatoms. The Bertz CT molecular complexity index is 37.1. The molecular formula is C5H13NS. The van der Waals surface area contributed by atoms with E-state index in [1.165, 1.54) is 5.75 Å². The van der Waals surface area contributed by atoms with E-state index in [4.69, 9.17) is 5.73 Å². The second-order valence-corrected chi connectivity index (χ2v) is 2.96. The van der Waals surface area contributed by atoms with Crippen molar-refractivity contribution in [3.05, 3.63) is 0 Å². The maximum Gasteiger partial charge on any atom is 0.0101 e. The third-order valence-electron chi connectivity index (χ3n) is 0.585. The predicted octanol–water partition coefficient (Wildman–Crippen LogP) is 1.09. The monoisotopic (exact) mass is 119 g/mol. The summed E-state index contributed by atoms with van der Waals surface area (Å²) in [5, 5.41) is 0. The van der Waals surface area contributed by atoms with E-state index < -0.39 is 0 Å². The Hall–Kier alpha value is 0.310. The van der Waals surface area contributed by atoms with E-state index in [0.717, 1.165) is 5.75 Å². The highest BCUT2D eigenvalue weighted by Crippen LogP contribution is 1.98. The molecule has 1 atom stereocenters. The second kappa shape index (κ2) is 4.47. The van der Waals surface area contributed by atoms with Gasteiger partial charge in [-0.15, -0.1) is 0 Å². The van der Waals surface area contributed by atoms with Crippen molar-refractivity contribution in [1.82, 2.24) is 0 Å². The molecule has 0 spiro atoms. The van der Waals surface area contributed by atoms with Crippen molar-refractivity contribution in [3.8, 4) is 0 Å². The lowest BCUT2D eigenvalue weighted by atomic mass is 10.4. The van der Waals surface area contributed by atoms with E-state index in [1.54, 1.807) is 0 Å². The molecule has 0 saturated carbocycles. The molecule has 0 amide bonds. The van der Waals surface area contributed by atoms with E-state index in [-0.39, 0.29) is 0 Å². The average Bonchev–Trinajstić information content (AvgIpc) is 1.61. The quantitative estimate of drug-likeness (QED) is 0.601. The van der Waals surface area contributed by atoms with Crippen LogP contribution in [0.4, 0.5) is 0 Å². The number of hydrogen-bond acceptors (Lipinski definition) is 2. The zero-order chi connectivity index (χ0) is 5.70. The first kappa shape index (κ1) is 7.31. The van der Waals surface area contributed by atoms with Crippen LogP contribution in [0.3, 0.4) is 0 Å². The van der Waals surface area contributed by atoms with E-state index in [0.29, 0.717) is 6.04 Å². The van der Waals surface area contributed by atoms with Gasteiger partial charge in [-0.2, -0.15) is 11.8 Å². The van der Waals surface area contributed by atoms with Crippen LogP contribution in [0.5, 0.6) is 0 Å². The second-order valence-electron chi connectivity index (χ2n) is 1.64. The van der Waals surface area contributed by atoms with Gasteiger partial charge in [0.1, 0.15) is 0 Å². The molecular weight excluding hydrogens is 106 g/mol. The van der Waals surface area contributed by atoms with Gasteiger partial charge in [-0.3, -0.25) is 0 Å². The molecule has 0 aromatic heterocycles. The van der Waals surface area contributed by atoms with Gasteiger partial charge in [0.15, 0.2) is 0 Å². The standard InChI is InChI=1S/C5H13NS/c1-3-7-4-5(2)6/h5H,3-4,6H2,1-2H3/t5-/m1/s1. The number of thioether (sulfide) groups is 1. The highest BCUT2D eigenvalue weighted by molar-refractivity contribution is 7.99. The molecule has 44 valence electrons. The third kappa shape index (κ3) is 6.31. The summed E-state index contributed by atoms with van der Waals surface area (Å²) in [5.74, 6) is 2.28. The smallest absolute Gasteiger partial charge is 0.0101 e. The minimum atomic E-state index is 0.366. The molecule has 0 saturated heterocycles. The molecule has 0 bridgehead atoms. The van der Waals surface area contributed by atoms with Crippen molar-refractivity contribution in [2.45, 2.75) is 19.9 Å². The average molecular weight is 119 g/mol. The maximum absolute atomic E-state index is 5.46. The summed E-state index contributed by atoms with van der Waals surface area (Å²) in [4.78, 5) is 0. The summed E-state index contributed by atoms with van der Waals surface area (Å²) in [6.07, 6.45) is 0. The molecule has 0 aliphatic heterocycles. The van der Waals surface area contributed by atoms with E-state index in [1.807, 2.05) is 18.7 Å². The highest BCUT2D eigenvalue weighted by Gasteiger charge is 1.88. The fourth-order valence-electron chi connectivity index (χ4n) is 0.304. The summed E-state index contributed by atoms with van der Waals surface area (Å²) >= 11 is 1.89. The fraction of sp³-hybridized carbons (Fsp3) is 1.00. The van der Waals surface area contributed by atoms with E-state index >= 15 is 0 Å². The first-order valence-electron chi connectivity index (χ1n) is 2.60. The molecule has 0 aromatic rings. The molecule has 0 aliphatic carbocycles. The first-order valence-corrected chi connectivity index (χ1v) is 3.76. The van der Waals surface area contributed by atoms with Gasteiger partial charge in [-0.25, -0.2) is 0 Å². The molecule has 2 N–H and O–H groups in total. The van der Waals surface area contributed by atoms with Crippen LogP contribution in [-0.2, 0) is 0 Å². The number of hydrogen-bond donors (Lipinski definition) is 1. The molecule has 1 nitrogen and oxygen atoms in total. The van der Waals surface area contributed by atoms with Crippen molar-refractivity contribution < 1.29 is 0 Å². The van der Waals surface area contributed by atoms with Crippen LogP contribution in [0, 0.1) is 0 Å². The largest absolute Gasteiger partial charge is 0.327 e. The normalized spacial score (nSPS) is 14.1.